The lowest BCUT2D eigenvalue weighted by Gasteiger charge is -2.36. The first-order valence-corrected chi connectivity index (χ1v) is 8.76. The molecule has 7 heteroatoms. The molecule has 1 aliphatic rings. The van der Waals surface area contributed by atoms with Gasteiger partial charge in [0.25, 0.3) is 0 Å². The van der Waals surface area contributed by atoms with Gasteiger partial charge in [0.2, 0.25) is 5.91 Å². The van der Waals surface area contributed by atoms with Crippen molar-refractivity contribution in [1.82, 2.24) is 10.2 Å². The van der Waals surface area contributed by atoms with Gasteiger partial charge in [-0.25, -0.2) is 4.79 Å². The van der Waals surface area contributed by atoms with Crippen LogP contribution in [-0.4, -0.2) is 49.6 Å². The average molecular weight is 353 g/mol. The molecule has 2 rings (SSSR count). The molecular formula is C17H25ClN4O2. The average Bonchev–Trinajstić information content (AvgIpc) is 2.58. The molecule has 3 amide bonds. The lowest BCUT2D eigenvalue weighted by molar-refractivity contribution is -0.131. The van der Waals surface area contributed by atoms with Crippen molar-refractivity contribution >= 4 is 29.2 Å². The molecule has 0 unspecified atom stereocenters. The summed E-state index contributed by atoms with van der Waals surface area (Å²) in [7, 11) is 0. The highest BCUT2D eigenvalue weighted by atomic mass is 35.5. The van der Waals surface area contributed by atoms with E-state index in [1.54, 1.807) is 0 Å². The largest absolute Gasteiger partial charge is 0.367 e. The predicted molar refractivity (Wildman–Crippen MR) is 96.3 cm³/mol. The summed E-state index contributed by atoms with van der Waals surface area (Å²) in [4.78, 5) is 26.9. The van der Waals surface area contributed by atoms with Gasteiger partial charge in [-0.1, -0.05) is 30.2 Å². The highest BCUT2D eigenvalue weighted by molar-refractivity contribution is 6.33. The quantitative estimate of drug-likeness (QED) is 0.738. The van der Waals surface area contributed by atoms with E-state index >= 15 is 0 Å². The topological polar surface area (TPSA) is 78.7 Å². The lowest BCUT2D eigenvalue weighted by Crippen LogP contribution is -2.48. The van der Waals surface area contributed by atoms with Crippen molar-refractivity contribution in [3.63, 3.8) is 0 Å². The minimum atomic E-state index is -0.498. The number of nitrogens with one attached hydrogen (secondary N) is 1. The zero-order chi connectivity index (χ0) is 17.4. The van der Waals surface area contributed by atoms with Gasteiger partial charge in [-0.05, 0) is 25.0 Å². The van der Waals surface area contributed by atoms with E-state index in [-0.39, 0.29) is 5.91 Å². The summed E-state index contributed by atoms with van der Waals surface area (Å²) in [5, 5.41) is 3.30. The number of unbranched alkanes of at least 4 members (excludes halogenated alkanes) is 2. The fraction of sp³-hybridized carbons (Fsp3) is 0.529. The molecule has 0 aliphatic carbocycles. The van der Waals surface area contributed by atoms with E-state index in [0.717, 1.165) is 56.2 Å². The zero-order valence-corrected chi connectivity index (χ0v) is 14.6. The minimum Gasteiger partial charge on any atom is -0.367 e. The molecule has 24 heavy (non-hydrogen) atoms. The lowest BCUT2D eigenvalue weighted by atomic mass is 10.1. The van der Waals surface area contributed by atoms with Crippen molar-refractivity contribution in [1.29, 1.82) is 0 Å². The Morgan fingerprint density at radius 3 is 2.46 bits per heavy atom. The summed E-state index contributed by atoms with van der Waals surface area (Å²) in [5.41, 5.74) is 6.03. The van der Waals surface area contributed by atoms with Gasteiger partial charge in [0.1, 0.15) is 0 Å². The molecule has 1 saturated heterocycles. The van der Waals surface area contributed by atoms with Crippen LogP contribution in [0.2, 0.25) is 5.02 Å². The molecule has 1 heterocycles. The van der Waals surface area contributed by atoms with Crippen LogP contribution in [0.5, 0.6) is 0 Å². The van der Waals surface area contributed by atoms with Gasteiger partial charge >= 0.3 is 6.03 Å². The summed E-state index contributed by atoms with van der Waals surface area (Å²) in [6.07, 6.45) is 3.15. The molecule has 1 fully saturated rings. The number of para-hydroxylation sites is 1. The van der Waals surface area contributed by atoms with Crippen molar-refractivity contribution in [2.24, 2.45) is 5.73 Å². The molecule has 0 radical (unpaired) electrons. The zero-order valence-electron chi connectivity index (χ0n) is 13.8. The second-order valence-electron chi connectivity index (χ2n) is 5.92. The van der Waals surface area contributed by atoms with E-state index in [4.69, 9.17) is 17.3 Å². The van der Waals surface area contributed by atoms with E-state index in [0.29, 0.717) is 13.0 Å². The van der Waals surface area contributed by atoms with Crippen molar-refractivity contribution in [2.45, 2.75) is 25.7 Å². The number of halogens is 1. The third-order valence-electron chi connectivity index (χ3n) is 4.19. The van der Waals surface area contributed by atoms with E-state index in [9.17, 15) is 9.59 Å². The van der Waals surface area contributed by atoms with Crippen LogP contribution >= 0.6 is 11.6 Å². The Hall–Kier alpha value is -1.95. The predicted octanol–water partition coefficient (Wildman–Crippen LogP) is 2.22. The highest BCUT2D eigenvalue weighted by Crippen LogP contribution is 2.26. The second kappa shape index (κ2) is 9.37. The molecule has 1 aromatic rings. The summed E-state index contributed by atoms with van der Waals surface area (Å²) in [6.45, 7) is 3.64. The molecular weight excluding hydrogens is 328 g/mol. The normalized spacial score (nSPS) is 14.5. The number of amides is 3. The first kappa shape index (κ1) is 18.4. The Morgan fingerprint density at radius 1 is 1.08 bits per heavy atom. The highest BCUT2D eigenvalue weighted by Gasteiger charge is 2.21. The van der Waals surface area contributed by atoms with Gasteiger partial charge < -0.3 is 20.9 Å². The molecule has 0 bridgehead atoms. The Morgan fingerprint density at radius 2 is 1.79 bits per heavy atom. The maximum absolute atomic E-state index is 12.2. The van der Waals surface area contributed by atoms with Crippen LogP contribution in [-0.2, 0) is 4.79 Å². The van der Waals surface area contributed by atoms with Gasteiger partial charge in [-0.3, -0.25) is 4.79 Å². The van der Waals surface area contributed by atoms with Gasteiger partial charge in [0.15, 0.2) is 0 Å². The fourth-order valence-electron chi connectivity index (χ4n) is 2.85. The Balaban J connectivity index is 1.66. The van der Waals surface area contributed by atoms with Crippen LogP contribution in [0.25, 0.3) is 0 Å². The third kappa shape index (κ3) is 5.60. The number of nitrogens with two attached hydrogens (primary N) is 1. The number of benzene rings is 1. The molecule has 0 aromatic heterocycles. The van der Waals surface area contributed by atoms with Crippen molar-refractivity contribution in [3.8, 4) is 0 Å². The molecule has 1 aromatic carbocycles. The third-order valence-corrected chi connectivity index (χ3v) is 4.51. The Kier molecular flexibility index (Phi) is 7.18. The van der Waals surface area contributed by atoms with Crippen LogP contribution in [0.1, 0.15) is 25.7 Å². The van der Waals surface area contributed by atoms with Crippen molar-refractivity contribution in [3.05, 3.63) is 29.3 Å². The maximum Gasteiger partial charge on any atom is 0.312 e. The SMILES string of the molecule is NC(=O)NCCCCCC(=O)N1CCN(c2ccccc2Cl)CC1. The minimum absolute atomic E-state index is 0.205. The number of hydrogen-bond donors (Lipinski definition) is 2. The van der Waals surface area contributed by atoms with Gasteiger partial charge in [-0.2, -0.15) is 0 Å². The number of rotatable bonds is 7. The number of primary amides is 1. The van der Waals surface area contributed by atoms with E-state index in [1.807, 2.05) is 29.2 Å². The number of carbonyl (C=O) groups excluding carboxylic acids is 2. The number of hydrogen-bond acceptors (Lipinski definition) is 3. The second-order valence-corrected chi connectivity index (χ2v) is 6.33. The number of carbonyl (C=O) groups is 2. The molecule has 0 atom stereocenters. The number of nitrogens with zero attached hydrogens (tertiary/aromatic N) is 2. The fourth-order valence-corrected chi connectivity index (χ4v) is 3.11. The Labute approximate surface area is 147 Å². The first-order chi connectivity index (χ1) is 11.6. The Bertz CT molecular complexity index is 559. The number of urea groups is 1. The summed E-state index contributed by atoms with van der Waals surface area (Å²) in [6, 6.07) is 7.31. The van der Waals surface area contributed by atoms with E-state index in [1.165, 1.54) is 0 Å². The van der Waals surface area contributed by atoms with Gasteiger partial charge in [0, 0.05) is 39.1 Å². The molecule has 132 valence electrons. The van der Waals surface area contributed by atoms with Crippen molar-refractivity contribution in [2.75, 3.05) is 37.6 Å². The van der Waals surface area contributed by atoms with Crippen LogP contribution in [0, 0.1) is 0 Å². The smallest absolute Gasteiger partial charge is 0.312 e. The summed E-state index contributed by atoms with van der Waals surface area (Å²) in [5.74, 6) is 0.205. The van der Waals surface area contributed by atoms with Gasteiger partial charge in [-0.15, -0.1) is 0 Å². The molecule has 3 N–H and O–H groups in total. The van der Waals surface area contributed by atoms with Gasteiger partial charge in [0.05, 0.1) is 10.7 Å². The first-order valence-electron chi connectivity index (χ1n) is 8.38. The van der Waals surface area contributed by atoms with Crippen LogP contribution in [0.15, 0.2) is 24.3 Å². The van der Waals surface area contributed by atoms with Crippen LogP contribution in [0.4, 0.5) is 10.5 Å². The molecule has 0 spiro atoms. The van der Waals surface area contributed by atoms with E-state index in [2.05, 4.69) is 10.2 Å². The monoisotopic (exact) mass is 352 g/mol. The molecule has 0 saturated carbocycles. The van der Waals surface area contributed by atoms with E-state index < -0.39 is 6.03 Å². The van der Waals surface area contributed by atoms with Crippen LogP contribution < -0.4 is 16.0 Å². The standard InChI is InChI=1S/C17H25ClN4O2/c18-14-6-3-4-7-15(14)21-10-12-22(13-11-21)16(23)8-2-1-5-9-20-17(19)24/h3-4,6-7H,1-2,5,8-13H2,(H3,19,20,24). The number of piperazine rings is 1. The number of anilines is 1. The maximum atomic E-state index is 12.2. The summed E-state index contributed by atoms with van der Waals surface area (Å²) < 4.78 is 0. The molecule has 1 aliphatic heterocycles. The van der Waals surface area contributed by atoms with Crippen molar-refractivity contribution < 1.29 is 9.59 Å². The molecule has 6 nitrogen and oxygen atoms in total. The van der Waals surface area contributed by atoms with Crippen LogP contribution in [0.3, 0.4) is 0 Å². The summed E-state index contributed by atoms with van der Waals surface area (Å²) >= 11 is 6.23.